The van der Waals surface area contributed by atoms with Crippen molar-refractivity contribution in [1.29, 1.82) is 1.28 Å². The van der Waals surface area contributed by atoms with E-state index in [9.17, 15) is 4.79 Å². The molecule has 0 aromatic heterocycles. The lowest BCUT2D eigenvalue weighted by atomic mass is 10.6. The fourth-order valence-electron chi connectivity index (χ4n) is 0. The zero-order valence-electron chi connectivity index (χ0n) is 4.49. The molecule has 0 bridgehead atoms. The van der Waals surface area contributed by atoms with E-state index in [2.05, 4.69) is 0 Å². The van der Waals surface area contributed by atoms with Gasteiger partial charge >= 0.3 is 0 Å². The van der Waals surface area contributed by atoms with Crippen LogP contribution in [0.3, 0.4) is 0 Å². The summed E-state index contributed by atoms with van der Waals surface area (Å²) in [5.41, 5.74) is 0. The Morgan fingerprint density at radius 2 is 1.80 bits per heavy atom. The largest absolute Gasteiger partial charge is 0.300 e. The summed E-state index contributed by atoms with van der Waals surface area (Å²) in [6.07, 6.45) is 0. The van der Waals surface area contributed by atoms with E-state index in [0.717, 1.165) is 0 Å². The van der Waals surface area contributed by atoms with Crippen LogP contribution in [0.25, 0.3) is 0 Å². The van der Waals surface area contributed by atoms with Gasteiger partial charge in [0.1, 0.15) is 5.78 Å². The minimum absolute atomic E-state index is 0.167. The van der Waals surface area contributed by atoms with Crippen LogP contribution in [0, 0.1) is 0 Å². The molecule has 0 saturated carbocycles. The van der Waals surface area contributed by atoms with Crippen LogP contribution in [0.4, 0.5) is 0 Å². The second kappa shape index (κ2) is 4.10. The quantitative estimate of drug-likeness (QED) is 0.402. The second-order valence-electron chi connectivity index (χ2n) is 0.908. The van der Waals surface area contributed by atoms with Crippen LogP contribution in [0.5, 0.6) is 0 Å². The standard InChI is InChI=1S/C3H6O.H3P/c1-3(2)4;/h1-2H3;1H3/i;1D. The number of Topliss-reactive ketones (excluding diaryl/α,β-unsaturated/α-hetero) is 1. The van der Waals surface area contributed by atoms with Crippen LogP contribution >= 0.6 is 9.84 Å². The molecule has 0 fully saturated rings. The van der Waals surface area contributed by atoms with Crippen molar-refractivity contribution in [2.75, 3.05) is 0 Å². The lowest BCUT2D eigenvalue weighted by Gasteiger charge is -1.56. The molecule has 0 N–H and O–H groups in total. The Hall–Kier alpha value is 0.100. The monoisotopic (exact) mass is 93.0 g/mol. The van der Waals surface area contributed by atoms with Gasteiger partial charge in [-0.15, -0.1) is 0 Å². The first-order chi connectivity index (χ1) is 2.73. The molecular weight excluding hydrogens is 83.0 g/mol. The zero-order chi connectivity index (χ0) is 5.58. The van der Waals surface area contributed by atoms with Crippen molar-refractivity contribution in [1.82, 2.24) is 0 Å². The molecule has 0 aromatic rings. The summed E-state index contributed by atoms with van der Waals surface area (Å²) in [4.78, 5) is 9.44. The highest BCUT2D eigenvalue weighted by molar-refractivity contribution is 6.92. The second-order valence-corrected chi connectivity index (χ2v) is 0.908. The third-order valence-corrected chi connectivity index (χ3v) is 0. The van der Waals surface area contributed by atoms with Gasteiger partial charge in [-0.25, -0.2) is 0 Å². The van der Waals surface area contributed by atoms with Gasteiger partial charge < -0.3 is 4.79 Å². The Balaban J connectivity index is 0. The Morgan fingerprint density at radius 1 is 1.80 bits per heavy atom. The highest BCUT2D eigenvalue weighted by atomic mass is 31.0. The van der Waals surface area contributed by atoms with Crippen LogP contribution < -0.4 is 0 Å². The third kappa shape index (κ3) is 1810. The average molecular weight is 93.1 g/mol. The first-order valence-corrected chi connectivity index (χ1v) is 1.20. The highest BCUT2D eigenvalue weighted by Gasteiger charge is 1.62. The van der Waals surface area contributed by atoms with Gasteiger partial charge in [0.15, 0.2) is 0 Å². The number of carbonyl (C=O) groups is 1. The van der Waals surface area contributed by atoms with E-state index < -0.39 is 0 Å². The number of hydrogen-bond acceptors (Lipinski definition) is 1. The summed E-state index contributed by atoms with van der Waals surface area (Å²) in [6.45, 7) is 3.06. The molecule has 0 radical (unpaired) electrons. The van der Waals surface area contributed by atoms with Crippen LogP contribution in [0.2, 0.25) is 0 Å². The van der Waals surface area contributed by atoms with Gasteiger partial charge in [0.2, 0.25) is 0 Å². The van der Waals surface area contributed by atoms with E-state index in [4.69, 9.17) is 1.28 Å². The smallest absolute Gasteiger partial charge is 0.126 e. The molecule has 1 nitrogen and oxygen atoms in total. The molecule has 0 aromatic carbocycles. The van der Waals surface area contributed by atoms with Crippen LogP contribution in [-0.4, -0.2) is 7.06 Å². The molecule has 32 valence electrons. The van der Waals surface area contributed by atoms with Crippen LogP contribution in [0.15, 0.2) is 0 Å². The van der Waals surface area contributed by atoms with Gasteiger partial charge in [-0.2, -0.15) is 9.84 Å². The van der Waals surface area contributed by atoms with Gasteiger partial charge in [0.25, 0.3) is 0 Å². The first kappa shape index (κ1) is 5.10. The fourth-order valence-corrected chi connectivity index (χ4v) is 0. The van der Waals surface area contributed by atoms with Crippen molar-refractivity contribution in [3.05, 3.63) is 0 Å². The van der Waals surface area contributed by atoms with Crippen molar-refractivity contribution in [2.24, 2.45) is 0 Å². The van der Waals surface area contributed by atoms with E-state index in [0.29, 0.717) is 0 Å². The van der Waals surface area contributed by atoms with Crippen molar-refractivity contribution in [2.45, 2.75) is 13.8 Å². The normalized spacial score (nSPS) is 6.60. The molecule has 0 spiro atoms. The number of rotatable bonds is 0. The molecule has 0 aliphatic carbocycles. The lowest BCUT2D eigenvalue weighted by molar-refractivity contribution is -0.114. The zero-order valence-corrected chi connectivity index (χ0v) is 4.64. The lowest BCUT2D eigenvalue weighted by Crippen LogP contribution is -1.69. The topological polar surface area (TPSA) is 17.1 Å². The minimum Gasteiger partial charge on any atom is -0.300 e. The van der Waals surface area contributed by atoms with Crippen LogP contribution in [0.1, 0.15) is 13.8 Å². The van der Waals surface area contributed by atoms with Gasteiger partial charge in [0.05, 0.1) is 1.28 Å². The van der Waals surface area contributed by atoms with Gasteiger partial charge in [-0.3, -0.25) is 0 Å². The summed E-state index contributed by atoms with van der Waals surface area (Å²) in [5.74, 6) is 0.167. The molecule has 1 unspecified atom stereocenters. The number of ketones is 1. The van der Waals surface area contributed by atoms with Crippen molar-refractivity contribution in [3.63, 3.8) is 0 Å². The Morgan fingerprint density at radius 3 is 1.80 bits per heavy atom. The summed E-state index contributed by atoms with van der Waals surface area (Å²) in [6, 6.07) is 0. The van der Waals surface area contributed by atoms with E-state index in [1.165, 1.54) is 13.8 Å². The molecule has 1 atom stereocenters. The Kier molecular flexibility index (Phi) is 4.18. The molecule has 2 heteroatoms. The third-order valence-electron chi connectivity index (χ3n) is 0. The summed E-state index contributed by atoms with van der Waals surface area (Å²) in [7, 11) is 1.67. The predicted octanol–water partition coefficient (Wildman–Crippen LogP) is 0.653. The van der Waals surface area contributed by atoms with Crippen LogP contribution in [-0.2, 0) is 4.79 Å². The summed E-state index contributed by atoms with van der Waals surface area (Å²) >= 11 is 0. The summed E-state index contributed by atoms with van der Waals surface area (Å²) < 4.78 is 5.67. The Labute approximate surface area is 36.7 Å². The van der Waals surface area contributed by atoms with Gasteiger partial charge in [0, 0.05) is 0 Å². The predicted molar refractivity (Wildman–Crippen MR) is 27.5 cm³/mol. The molecule has 0 saturated heterocycles. The van der Waals surface area contributed by atoms with E-state index in [1.807, 2.05) is 0 Å². The maximum absolute atomic E-state index is 9.44. The molecule has 0 amide bonds. The Bertz CT molecular complexity index is 33.8. The highest BCUT2D eigenvalue weighted by Crippen LogP contribution is 1.50. The average Bonchev–Trinajstić information content (AvgIpc) is 1.41. The molecule has 5 heavy (non-hydrogen) atoms. The fraction of sp³-hybridized carbons (Fsp3) is 0.667. The van der Waals surface area contributed by atoms with E-state index in [-0.39, 0.29) is 5.78 Å². The molecule has 0 aliphatic heterocycles. The number of carbonyl (C=O) groups excluding carboxylic acids is 1. The maximum atomic E-state index is 9.44. The summed E-state index contributed by atoms with van der Waals surface area (Å²) in [5, 5.41) is 0. The molecule has 0 aliphatic rings. The maximum Gasteiger partial charge on any atom is 0.126 e. The van der Waals surface area contributed by atoms with Gasteiger partial charge in [-0.05, 0) is 13.8 Å². The minimum atomic E-state index is 0.167. The molecule has 0 heterocycles. The van der Waals surface area contributed by atoms with Gasteiger partial charge in [-0.1, -0.05) is 0 Å². The van der Waals surface area contributed by atoms with E-state index >= 15 is 0 Å². The number of hydrogen-bond donors (Lipinski definition) is 0. The SMILES string of the molecule is CC(C)=O.[2H]P. The van der Waals surface area contributed by atoms with Crippen molar-refractivity contribution in [3.8, 4) is 0 Å². The first-order valence-electron chi connectivity index (χ1n) is 1.78. The van der Waals surface area contributed by atoms with Crippen molar-refractivity contribution >= 4 is 15.6 Å². The van der Waals surface area contributed by atoms with E-state index in [1.54, 1.807) is 9.84 Å². The molecular formula is C3H9OP. The van der Waals surface area contributed by atoms with Crippen molar-refractivity contribution < 1.29 is 4.79 Å². The molecule has 0 rings (SSSR count).